The van der Waals surface area contributed by atoms with Crippen LogP contribution in [0.1, 0.15) is 12.8 Å². The molecule has 18 heavy (non-hydrogen) atoms. The Bertz CT molecular complexity index is 488. The van der Waals surface area contributed by atoms with Crippen LogP contribution >= 0.6 is 0 Å². The van der Waals surface area contributed by atoms with Crippen LogP contribution < -0.4 is 5.32 Å². The molecule has 3 heterocycles. The van der Waals surface area contributed by atoms with Gasteiger partial charge in [-0.1, -0.05) is 12.1 Å². The first-order chi connectivity index (χ1) is 8.73. The minimum atomic E-state index is -0.626. The number of nitriles is 1. The molecule has 0 saturated carbocycles. The molecule has 1 atom stereocenters. The van der Waals surface area contributed by atoms with Gasteiger partial charge in [0.2, 0.25) is 0 Å². The van der Waals surface area contributed by atoms with Crippen LogP contribution in [0.5, 0.6) is 0 Å². The zero-order chi connectivity index (χ0) is 12.6. The van der Waals surface area contributed by atoms with Gasteiger partial charge in [-0.15, -0.1) is 0 Å². The molecule has 2 bridgehead atoms. The van der Waals surface area contributed by atoms with Crippen molar-refractivity contribution in [3.63, 3.8) is 0 Å². The standard InChI is InChI=1S/C14H16FN3/c15-12-3-1-2-4-13(12)17-14(9-16)10-18-7-5-11(14)6-8-18/h1-4,11,17H,5-8,10H2. The number of fused-ring (bicyclic) bond motifs is 3. The first kappa shape index (κ1) is 11.5. The predicted octanol–water partition coefficient (Wildman–Crippen LogP) is 2.23. The first-order valence-corrected chi connectivity index (χ1v) is 6.40. The van der Waals surface area contributed by atoms with E-state index in [1.807, 2.05) is 0 Å². The maximum Gasteiger partial charge on any atom is 0.146 e. The van der Waals surface area contributed by atoms with Crippen LogP contribution in [0.15, 0.2) is 24.3 Å². The molecule has 4 heteroatoms. The van der Waals surface area contributed by atoms with Gasteiger partial charge in [0.25, 0.3) is 0 Å². The fourth-order valence-corrected chi connectivity index (χ4v) is 3.16. The summed E-state index contributed by atoms with van der Waals surface area (Å²) in [4.78, 5) is 2.29. The average Bonchev–Trinajstić information content (AvgIpc) is 2.43. The molecule has 0 aromatic heterocycles. The van der Waals surface area contributed by atoms with Crippen LogP contribution in [0, 0.1) is 23.1 Å². The Hall–Kier alpha value is -1.60. The van der Waals surface area contributed by atoms with Crippen molar-refractivity contribution in [2.24, 2.45) is 5.92 Å². The highest BCUT2D eigenvalue weighted by molar-refractivity contribution is 5.50. The SMILES string of the molecule is N#CC1(Nc2ccccc2F)CN2CCC1CC2. The third-order valence-corrected chi connectivity index (χ3v) is 4.19. The highest BCUT2D eigenvalue weighted by Gasteiger charge is 2.47. The second-order valence-electron chi connectivity index (χ2n) is 5.24. The molecule has 4 rings (SSSR count). The fraction of sp³-hybridized carbons (Fsp3) is 0.500. The van der Waals surface area contributed by atoms with Crippen LogP contribution in [-0.4, -0.2) is 30.1 Å². The maximum atomic E-state index is 13.7. The summed E-state index contributed by atoms with van der Waals surface area (Å²) >= 11 is 0. The van der Waals surface area contributed by atoms with Crippen molar-refractivity contribution in [1.82, 2.24) is 4.90 Å². The third kappa shape index (κ3) is 1.75. The van der Waals surface area contributed by atoms with Crippen molar-refractivity contribution in [3.05, 3.63) is 30.1 Å². The molecule has 1 N–H and O–H groups in total. The second kappa shape index (κ2) is 4.25. The van der Waals surface area contributed by atoms with E-state index in [0.29, 0.717) is 18.2 Å². The Morgan fingerprint density at radius 3 is 2.61 bits per heavy atom. The molecule has 1 unspecified atom stereocenters. The Labute approximate surface area is 106 Å². The van der Waals surface area contributed by atoms with Gasteiger partial charge in [0.1, 0.15) is 11.4 Å². The summed E-state index contributed by atoms with van der Waals surface area (Å²) in [5.41, 5.74) is -0.189. The molecular formula is C14H16FN3. The van der Waals surface area contributed by atoms with E-state index < -0.39 is 5.54 Å². The minimum Gasteiger partial charge on any atom is -0.364 e. The van der Waals surface area contributed by atoms with Crippen molar-refractivity contribution < 1.29 is 4.39 Å². The van der Waals surface area contributed by atoms with E-state index in [9.17, 15) is 9.65 Å². The zero-order valence-electron chi connectivity index (χ0n) is 10.2. The molecule has 3 saturated heterocycles. The van der Waals surface area contributed by atoms with Crippen molar-refractivity contribution in [2.45, 2.75) is 18.4 Å². The average molecular weight is 245 g/mol. The Kier molecular flexibility index (Phi) is 2.71. The van der Waals surface area contributed by atoms with Crippen molar-refractivity contribution in [3.8, 4) is 6.07 Å². The topological polar surface area (TPSA) is 39.1 Å². The third-order valence-electron chi connectivity index (χ3n) is 4.19. The highest BCUT2D eigenvalue weighted by Crippen LogP contribution is 2.37. The molecule has 3 aliphatic heterocycles. The lowest BCUT2D eigenvalue weighted by molar-refractivity contribution is 0.0673. The lowest BCUT2D eigenvalue weighted by Gasteiger charge is -2.50. The lowest BCUT2D eigenvalue weighted by Crippen LogP contribution is -2.62. The van der Waals surface area contributed by atoms with Gasteiger partial charge in [-0.05, 0) is 44.0 Å². The van der Waals surface area contributed by atoms with Gasteiger partial charge in [0, 0.05) is 6.54 Å². The zero-order valence-corrected chi connectivity index (χ0v) is 10.2. The van der Waals surface area contributed by atoms with Gasteiger partial charge in [0.05, 0.1) is 11.8 Å². The summed E-state index contributed by atoms with van der Waals surface area (Å²) in [6.07, 6.45) is 2.05. The molecule has 0 spiro atoms. The summed E-state index contributed by atoms with van der Waals surface area (Å²) in [7, 11) is 0. The number of halogens is 1. The first-order valence-electron chi connectivity index (χ1n) is 6.40. The molecule has 1 aromatic carbocycles. The van der Waals surface area contributed by atoms with E-state index in [1.54, 1.807) is 18.2 Å². The molecule has 1 aromatic rings. The molecule has 3 fully saturated rings. The molecule has 0 amide bonds. The molecule has 0 radical (unpaired) electrons. The number of nitrogens with zero attached hydrogens (tertiary/aromatic N) is 2. The van der Waals surface area contributed by atoms with Gasteiger partial charge in [-0.3, -0.25) is 4.90 Å². The van der Waals surface area contributed by atoms with Gasteiger partial charge in [-0.25, -0.2) is 4.39 Å². The van der Waals surface area contributed by atoms with Crippen LogP contribution in [0.2, 0.25) is 0 Å². The molecule has 3 nitrogen and oxygen atoms in total. The van der Waals surface area contributed by atoms with E-state index in [-0.39, 0.29) is 5.82 Å². The largest absolute Gasteiger partial charge is 0.364 e. The quantitative estimate of drug-likeness (QED) is 0.868. The summed E-state index contributed by atoms with van der Waals surface area (Å²) in [6.45, 7) is 2.82. The Morgan fingerprint density at radius 1 is 1.33 bits per heavy atom. The highest BCUT2D eigenvalue weighted by atomic mass is 19.1. The number of piperidine rings is 3. The van der Waals surface area contributed by atoms with Crippen LogP contribution in [-0.2, 0) is 0 Å². The molecular weight excluding hydrogens is 229 g/mol. The van der Waals surface area contributed by atoms with Crippen LogP contribution in [0.4, 0.5) is 10.1 Å². The monoisotopic (exact) mass is 245 g/mol. The Morgan fingerprint density at radius 2 is 2.06 bits per heavy atom. The summed E-state index contributed by atoms with van der Waals surface area (Å²) in [5.74, 6) is 0.0377. The van der Waals surface area contributed by atoms with Crippen LogP contribution in [0.3, 0.4) is 0 Å². The number of hydrogen-bond acceptors (Lipinski definition) is 3. The number of rotatable bonds is 2. The molecule has 0 aliphatic carbocycles. The number of benzene rings is 1. The van der Waals surface area contributed by atoms with Crippen molar-refractivity contribution in [1.29, 1.82) is 5.26 Å². The fourth-order valence-electron chi connectivity index (χ4n) is 3.16. The van der Waals surface area contributed by atoms with E-state index >= 15 is 0 Å². The molecule has 3 aliphatic rings. The van der Waals surface area contributed by atoms with Crippen molar-refractivity contribution >= 4 is 5.69 Å². The lowest BCUT2D eigenvalue weighted by atomic mass is 9.73. The second-order valence-corrected chi connectivity index (χ2v) is 5.24. The smallest absolute Gasteiger partial charge is 0.146 e. The van der Waals surface area contributed by atoms with E-state index in [2.05, 4.69) is 16.3 Å². The number of anilines is 1. The van der Waals surface area contributed by atoms with Gasteiger partial charge < -0.3 is 5.32 Å². The van der Waals surface area contributed by atoms with Gasteiger partial charge in [-0.2, -0.15) is 5.26 Å². The predicted molar refractivity (Wildman–Crippen MR) is 67.5 cm³/mol. The number of nitrogens with one attached hydrogen (secondary N) is 1. The normalized spacial score (nSPS) is 34.0. The minimum absolute atomic E-state index is 0.288. The Balaban J connectivity index is 1.90. The van der Waals surface area contributed by atoms with E-state index in [1.165, 1.54) is 6.07 Å². The summed E-state index contributed by atoms with van der Waals surface area (Å²) < 4.78 is 13.7. The maximum absolute atomic E-state index is 13.7. The van der Waals surface area contributed by atoms with Gasteiger partial charge in [0.15, 0.2) is 0 Å². The van der Waals surface area contributed by atoms with Gasteiger partial charge >= 0.3 is 0 Å². The molecule has 94 valence electrons. The summed E-state index contributed by atoms with van der Waals surface area (Å²) in [5, 5.41) is 12.7. The van der Waals surface area contributed by atoms with E-state index in [0.717, 1.165) is 25.9 Å². The van der Waals surface area contributed by atoms with E-state index in [4.69, 9.17) is 0 Å². The number of hydrogen-bond donors (Lipinski definition) is 1. The van der Waals surface area contributed by atoms with Crippen LogP contribution in [0.25, 0.3) is 0 Å². The number of para-hydroxylation sites is 1. The van der Waals surface area contributed by atoms with Crippen molar-refractivity contribution in [2.75, 3.05) is 25.0 Å². The summed E-state index contributed by atoms with van der Waals surface area (Å²) in [6, 6.07) is 8.98.